The maximum absolute atomic E-state index is 5.49. The van der Waals surface area contributed by atoms with Gasteiger partial charge in [-0.2, -0.15) is 0 Å². The first kappa shape index (κ1) is 8.67. The van der Waals surface area contributed by atoms with Gasteiger partial charge in [-0.25, -0.2) is 0 Å². The van der Waals surface area contributed by atoms with E-state index >= 15 is 0 Å². The average molecular weight is 159 g/mol. The number of hydrogen-bond acceptors (Lipinski definition) is 1. The lowest BCUT2D eigenvalue weighted by Gasteiger charge is -2.19. The van der Waals surface area contributed by atoms with Gasteiger partial charge in [-0.1, -0.05) is 18.1 Å². The highest BCUT2D eigenvalue weighted by Gasteiger charge is 2.14. The van der Waals surface area contributed by atoms with Gasteiger partial charge in [-0.3, -0.25) is 0 Å². The number of hydrogen-bond donors (Lipinski definition) is 0. The summed E-state index contributed by atoms with van der Waals surface area (Å²) in [5.74, 6) is 3.33. The van der Waals surface area contributed by atoms with Crippen LogP contribution in [0, 0.1) is 18.4 Å². The molecular weight excluding hydrogens is 148 g/mol. The monoisotopic (exact) mass is 159 g/mol. The van der Waals surface area contributed by atoms with Crippen molar-refractivity contribution >= 4 is 0 Å². The lowest BCUT2D eigenvalue weighted by atomic mass is 10.1. The highest BCUT2D eigenvalue weighted by Crippen LogP contribution is 2.16. The van der Waals surface area contributed by atoms with E-state index in [0.29, 0.717) is 0 Å². The molecule has 1 nitrogen and oxygen atoms in total. The molecule has 0 fully saturated rings. The van der Waals surface area contributed by atoms with Crippen LogP contribution >= 0.6 is 0 Å². The largest absolute Gasteiger partial charge is 0.475 e. The second-order valence-electron chi connectivity index (χ2n) is 2.99. The maximum atomic E-state index is 5.49. The molecule has 0 unspecified atom stereocenters. The van der Waals surface area contributed by atoms with Gasteiger partial charge in [-0.05, 0) is 32.0 Å². The molecule has 0 saturated carbocycles. The van der Waals surface area contributed by atoms with Crippen molar-refractivity contribution in [3.63, 3.8) is 0 Å². The zero-order chi connectivity index (χ0) is 9.03. The SMILES string of the molecule is C#CC(C)(C)Oc1cc[c]cc1. The summed E-state index contributed by atoms with van der Waals surface area (Å²) < 4.78 is 5.49. The molecule has 1 rings (SSSR count). The fourth-order valence-electron chi connectivity index (χ4n) is 0.764. The Morgan fingerprint density at radius 3 is 2.50 bits per heavy atom. The standard InChI is InChI=1S/C11H11O/c1-4-11(2,3)12-10-8-6-5-7-9-10/h1,6-9H,2-3H3. The van der Waals surface area contributed by atoms with Crippen molar-refractivity contribution < 1.29 is 4.74 Å². The summed E-state index contributed by atoms with van der Waals surface area (Å²) in [6.07, 6.45) is 5.27. The van der Waals surface area contributed by atoms with Crippen molar-refractivity contribution in [2.75, 3.05) is 0 Å². The molecule has 0 aromatic heterocycles. The Morgan fingerprint density at radius 1 is 1.42 bits per heavy atom. The molecule has 1 radical (unpaired) electrons. The summed E-state index contributed by atoms with van der Waals surface area (Å²) in [5.41, 5.74) is -0.540. The summed E-state index contributed by atoms with van der Waals surface area (Å²) in [4.78, 5) is 0. The lowest BCUT2D eigenvalue weighted by molar-refractivity contribution is 0.172. The Morgan fingerprint density at radius 2 is 2.00 bits per heavy atom. The predicted octanol–water partition coefficient (Wildman–Crippen LogP) is 2.28. The van der Waals surface area contributed by atoms with Gasteiger partial charge in [0.1, 0.15) is 5.75 Å². The zero-order valence-corrected chi connectivity index (χ0v) is 7.29. The van der Waals surface area contributed by atoms with Crippen molar-refractivity contribution in [2.45, 2.75) is 19.4 Å². The summed E-state index contributed by atoms with van der Waals surface area (Å²) in [6.45, 7) is 3.70. The van der Waals surface area contributed by atoms with E-state index in [-0.39, 0.29) is 0 Å². The van der Waals surface area contributed by atoms with E-state index in [1.54, 1.807) is 12.1 Å². The van der Waals surface area contributed by atoms with E-state index in [2.05, 4.69) is 12.0 Å². The minimum absolute atomic E-state index is 0.540. The van der Waals surface area contributed by atoms with Crippen molar-refractivity contribution in [1.29, 1.82) is 0 Å². The summed E-state index contributed by atoms with van der Waals surface area (Å²) in [6, 6.07) is 10.2. The van der Waals surface area contributed by atoms with Gasteiger partial charge in [0.15, 0.2) is 5.60 Å². The van der Waals surface area contributed by atoms with Crippen molar-refractivity contribution in [3.05, 3.63) is 30.3 Å². The smallest absolute Gasteiger partial charge is 0.163 e. The van der Waals surface area contributed by atoms with E-state index < -0.39 is 5.60 Å². The Bertz CT molecular complexity index is 280. The molecule has 61 valence electrons. The zero-order valence-electron chi connectivity index (χ0n) is 7.29. The van der Waals surface area contributed by atoms with Gasteiger partial charge in [0, 0.05) is 0 Å². The van der Waals surface area contributed by atoms with Gasteiger partial charge in [0.2, 0.25) is 0 Å². The third-order valence-corrected chi connectivity index (χ3v) is 1.41. The summed E-state index contributed by atoms with van der Waals surface area (Å²) in [7, 11) is 0. The molecule has 12 heavy (non-hydrogen) atoms. The van der Waals surface area contributed by atoms with Crippen LogP contribution in [0.1, 0.15) is 13.8 Å². The summed E-state index contributed by atoms with van der Waals surface area (Å²) in [5, 5.41) is 0. The average Bonchev–Trinajstić information content (AvgIpc) is 2.06. The van der Waals surface area contributed by atoms with Gasteiger partial charge in [0.05, 0.1) is 0 Å². The molecule has 0 aliphatic heterocycles. The van der Waals surface area contributed by atoms with Crippen LogP contribution in [0.25, 0.3) is 0 Å². The van der Waals surface area contributed by atoms with E-state index in [4.69, 9.17) is 11.2 Å². The second-order valence-corrected chi connectivity index (χ2v) is 2.99. The molecule has 0 bridgehead atoms. The number of ether oxygens (including phenoxy) is 1. The fraction of sp³-hybridized carbons (Fsp3) is 0.273. The van der Waals surface area contributed by atoms with E-state index in [1.165, 1.54) is 0 Å². The van der Waals surface area contributed by atoms with Gasteiger partial charge in [-0.15, -0.1) is 6.42 Å². The molecule has 0 atom stereocenters. The van der Waals surface area contributed by atoms with Crippen molar-refractivity contribution in [1.82, 2.24) is 0 Å². The second kappa shape index (κ2) is 3.32. The van der Waals surface area contributed by atoms with Crippen LogP contribution in [0.4, 0.5) is 0 Å². The molecule has 0 amide bonds. The number of benzene rings is 1. The van der Waals surface area contributed by atoms with E-state index in [9.17, 15) is 0 Å². The maximum Gasteiger partial charge on any atom is 0.163 e. The predicted molar refractivity (Wildman–Crippen MR) is 48.8 cm³/mol. The highest BCUT2D eigenvalue weighted by atomic mass is 16.5. The third kappa shape index (κ3) is 2.32. The van der Waals surface area contributed by atoms with Gasteiger partial charge >= 0.3 is 0 Å². The molecule has 0 aliphatic carbocycles. The molecule has 0 spiro atoms. The molecule has 0 N–H and O–H groups in total. The topological polar surface area (TPSA) is 9.23 Å². The Balaban J connectivity index is 2.72. The van der Waals surface area contributed by atoms with Crippen LogP contribution in [-0.4, -0.2) is 5.60 Å². The van der Waals surface area contributed by atoms with Gasteiger partial charge < -0.3 is 4.74 Å². The minimum Gasteiger partial charge on any atom is -0.475 e. The van der Waals surface area contributed by atoms with Crippen LogP contribution in [0.3, 0.4) is 0 Å². The molecule has 0 saturated heterocycles. The number of terminal acetylenes is 1. The normalized spacial score (nSPS) is 10.4. The van der Waals surface area contributed by atoms with E-state index in [0.717, 1.165) is 5.75 Å². The molecule has 1 aromatic rings. The number of rotatable bonds is 2. The molecule has 1 aromatic carbocycles. The third-order valence-electron chi connectivity index (χ3n) is 1.41. The van der Waals surface area contributed by atoms with Crippen LogP contribution in [0.2, 0.25) is 0 Å². The Hall–Kier alpha value is -1.42. The lowest BCUT2D eigenvalue weighted by Crippen LogP contribution is -2.25. The van der Waals surface area contributed by atoms with Crippen molar-refractivity contribution in [3.8, 4) is 18.1 Å². The molecule has 0 heterocycles. The van der Waals surface area contributed by atoms with Crippen molar-refractivity contribution in [2.24, 2.45) is 0 Å². The first-order valence-electron chi connectivity index (χ1n) is 3.77. The minimum atomic E-state index is -0.540. The van der Waals surface area contributed by atoms with Crippen LogP contribution < -0.4 is 4.74 Å². The molecule has 0 aliphatic rings. The van der Waals surface area contributed by atoms with Crippen LogP contribution in [0.15, 0.2) is 24.3 Å². The fourth-order valence-corrected chi connectivity index (χ4v) is 0.764. The molecule has 1 heteroatoms. The quantitative estimate of drug-likeness (QED) is 0.601. The first-order valence-corrected chi connectivity index (χ1v) is 3.77. The first-order chi connectivity index (χ1) is 5.64. The highest BCUT2D eigenvalue weighted by molar-refractivity contribution is 5.23. The van der Waals surface area contributed by atoms with Crippen LogP contribution in [0.5, 0.6) is 5.75 Å². The Labute approximate surface area is 73.4 Å². The van der Waals surface area contributed by atoms with Gasteiger partial charge in [0.25, 0.3) is 0 Å². The van der Waals surface area contributed by atoms with E-state index in [1.807, 2.05) is 26.0 Å². The summed E-state index contributed by atoms with van der Waals surface area (Å²) >= 11 is 0. The Kier molecular flexibility index (Phi) is 2.40. The van der Waals surface area contributed by atoms with Crippen LogP contribution in [-0.2, 0) is 0 Å². The molecular formula is C11H11O.